The van der Waals surface area contributed by atoms with Gasteiger partial charge in [0.25, 0.3) is 0 Å². The summed E-state index contributed by atoms with van der Waals surface area (Å²) >= 11 is 0. The van der Waals surface area contributed by atoms with E-state index in [1.807, 2.05) is 0 Å². The number of amides is 2. The molecule has 2 amide bonds. The standard InChI is InChI=1S/C14H13F2N3O/c1-9(12-4-2-3-7-17-12)18-14(20)19-13-6-5-10(15)8-11(13)16/h2-9H,1H3,(H2,18,19,20)/t9-/m0/s1. The molecule has 0 spiro atoms. The first-order valence-electron chi connectivity index (χ1n) is 6.00. The Balaban J connectivity index is 1.99. The fraction of sp³-hybridized carbons (Fsp3) is 0.143. The number of urea groups is 1. The number of anilines is 1. The summed E-state index contributed by atoms with van der Waals surface area (Å²) in [5, 5.41) is 4.93. The number of nitrogens with zero attached hydrogens (tertiary/aromatic N) is 1. The molecule has 0 bridgehead atoms. The lowest BCUT2D eigenvalue weighted by Crippen LogP contribution is -2.31. The fourth-order valence-electron chi connectivity index (χ4n) is 1.65. The molecule has 0 saturated carbocycles. The number of benzene rings is 1. The normalized spacial score (nSPS) is 11.8. The Bertz CT molecular complexity index is 605. The highest BCUT2D eigenvalue weighted by molar-refractivity contribution is 5.89. The molecule has 0 unspecified atom stereocenters. The minimum absolute atomic E-state index is 0.0860. The molecular weight excluding hydrogens is 264 g/mol. The summed E-state index contributed by atoms with van der Waals surface area (Å²) in [6.45, 7) is 1.75. The van der Waals surface area contributed by atoms with Crippen LogP contribution < -0.4 is 10.6 Å². The van der Waals surface area contributed by atoms with E-state index in [-0.39, 0.29) is 11.7 Å². The number of carbonyl (C=O) groups excluding carboxylic acids is 1. The van der Waals surface area contributed by atoms with Gasteiger partial charge in [-0.3, -0.25) is 4.98 Å². The number of aromatic nitrogens is 1. The first-order chi connectivity index (χ1) is 9.56. The van der Waals surface area contributed by atoms with Gasteiger partial charge in [-0.1, -0.05) is 6.07 Å². The number of hydrogen-bond acceptors (Lipinski definition) is 2. The summed E-state index contributed by atoms with van der Waals surface area (Å²) in [6, 6.07) is 7.35. The van der Waals surface area contributed by atoms with Crippen LogP contribution in [-0.2, 0) is 0 Å². The van der Waals surface area contributed by atoms with Crippen molar-refractivity contribution in [2.45, 2.75) is 13.0 Å². The molecule has 2 rings (SSSR count). The molecule has 1 heterocycles. The van der Waals surface area contributed by atoms with Crippen LogP contribution in [0.3, 0.4) is 0 Å². The number of hydrogen-bond donors (Lipinski definition) is 2. The van der Waals surface area contributed by atoms with Gasteiger partial charge in [0, 0.05) is 12.3 Å². The Labute approximate surface area is 114 Å². The highest BCUT2D eigenvalue weighted by Crippen LogP contribution is 2.15. The van der Waals surface area contributed by atoms with Gasteiger partial charge < -0.3 is 10.6 Å². The molecule has 20 heavy (non-hydrogen) atoms. The summed E-state index contributed by atoms with van der Waals surface area (Å²) in [4.78, 5) is 15.8. The minimum atomic E-state index is -0.828. The van der Waals surface area contributed by atoms with Crippen LogP contribution in [0.25, 0.3) is 0 Å². The van der Waals surface area contributed by atoms with Crippen LogP contribution >= 0.6 is 0 Å². The summed E-state index contributed by atoms with van der Waals surface area (Å²) in [5.41, 5.74) is 0.597. The molecule has 4 nitrogen and oxygen atoms in total. The topological polar surface area (TPSA) is 54.0 Å². The number of rotatable bonds is 3. The van der Waals surface area contributed by atoms with Crippen LogP contribution in [0.1, 0.15) is 18.7 Å². The predicted molar refractivity (Wildman–Crippen MR) is 71.2 cm³/mol. The quantitative estimate of drug-likeness (QED) is 0.904. The van der Waals surface area contributed by atoms with Crippen LogP contribution in [-0.4, -0.2) is 11.0 Å². The van der Waals surface area contributed by atoms with Gasteiger partial charge in [0.15, 0.2) is 0 Å². The summed E-state index contributed by atoms with van der Waals surface area (Å²) in [6.07, 6.45) is 1.62. The third kappa shape index (κ3) is 3.50. The number of carbonyl (C=O) groups is 1. The van der Waals surface area contributed by atoms with Gasteiger partial charge in [0.1, 0.15) is 11.6 Å². The van der Waals surface area contributed by atoms with Crippen LogP contribution in [0, 0.1) is 11.6 Å². The molecule has 6 heteroatoms. The van der Waals surface area contributed by atoms with Crippen molar-refractivity contribution in [2.24, 2.45) is 0 Å². The maximum absolute atomic E-state index is 13.4. The lowest BCUT2D eigenvalue weighted by molar-refractivity contribution is 0.249. The first kappa shape index (κ1) is 13.9. The summed E-state index contributed by atoms with van der Waals surface area (Å²) in [5.74, 6) is -1.53. The third-order valence-corrected chi connectivity index (χ3v) is 2.66. The van der Waals surface area contributed by atoms with Gasteiger partial charge in [0.2, 0.25) is 0 Å². The van der Waals surface area contributed by atoms with E-state index in [4.69, 9.17) is 0 Å². The van der Waals surface area contributed by atoms with Crippen LogP contribution in [0.4, 0.5) is 19.3 Å². The number of pyridine rings is 1. The van der Waals surface area contributed by atoms with E-state index in [2.05, 4.69) is 15.6 Å². The van der Waals surface area contributed by atoms with E-state index in [9.17, 15) is 13.6 Å². The second-order valence-electron chi connectivity index (χ2n) is 4.20. The lowest BCUT2D eigenvalue weighted by Gasteiger charge is -2.14. The van der Waals surface area contributed by atoms with Gasteiger partial charge in [0.05, 0.1) is 17.4 Å². The zero-order chi connectivity index (χ0) is 14.5. The maximum Gasteiger partial charge on any atom is 0.319 e. The van der Waals surface area contributed by atoms with E-state index in [1.54, 1.807) is 31.3 Å². The summed E-state index contributed by atoms with van der Waals surface area (Å²) < 4.78 is 26.1. The zero-order valence-corrected chi connectivity index (χ0v) is 10.7. The molecule has 0 aliphatic heterocycles. The molecule has 104 valence electrons. The molecule has 1 atom stereocenters. The lowest BCUT2D eigenvalue weighted by atomic mass is 10.2. The van der Waals surface area contributed by atoms with Gasteiger partial charge >= 0.3 is 6.03 Å². The van der Waals surface area contributed by atoms with Crippen molar-refractivity contribution in [3.8, 4) is 0 Å². The molecule has 0 aliphatic rings. The van der Waals surface area contributed by atoms with Crippen molar-refractivity contribution in [3.63, 3.8) is 0 Å². The second-order valence-corrected chi connectivity index (χ2v) is 4.20. The van der Waals surface area contributed by atoms with Crippen molar-refractivity contribution in [1.82, 2.24) is 10.3 Å². The Morgan fingerprint density at radius 1 is 1.25 bits per heavy atom. The highest BCUT2D eigenvalue weighted by atomic mass is 19.1. The van der Waals surface area contributed by atoms with Crippen LogP contribution in [0.2, 0.25) is 0 Å². The minimum Gasteiger partial charge on any atom is -0.330 e. The van der Waals surface area contributed by atoms with Crippen molar-refractivity contribution in [2.75, 3.05) is 5.32 Å². The van der Waals surface area contributed by atoms with Crippen molar-refractivity contribution < 1.29 is 13.6 Å². The Kier molecular flexibility index (Phi) is 4.24. The van der Waals surface area contributed by atoms with Crippen molar-refractivity contribution in [3.05, 3.63) is 59.9 Å². The molecule has 0 saturated heterocycles. The molecule has 2 aromatic rings. The van der Waals surface area contributed by atoms with E-state index in [0.717, 1.165) is 12.1 Å². The highest BCUT2D eigenvalue weighted by Gasteiger charge is 2.12. The van der Waals surface area contributed by atoms with Crippen molar-refractivity contribution in [1.29, 1.82) is 0 Å². The molecular formula is C14H13F2N3O. The molecule has 1 aromatic carbocycles. The summed E-state index contributed by atoms with van der Waals surface area (Å²) in [7, 11) is 0. The Morgan fingerprint density at radius 3 is 2.70 bits per heavy atom. The molecule has 2 N–H and O–H groups in total. The molecule has 0 aliphatic carbocycles. The SMILES string of the molecule is C[C@H](NC(=O)Nc1ccc(F)cc1F)c1ccccn1. The second kappa shape index (κ2) is 6.10. The van der Waals surface area contributed by atoms with Crippen LogP contribution in [0.5, 0.6) is 0 Å². The van der Waals surface area contributed by atoms with E-state index >= 15 is 0 Å². The van der Waals surface area contributed by atoms with E-state index in [1.165, 1.54) is 0 Å². The van der Waals surface area contributed by atoms with E-state index < -0.39 is 17.7 Å². The van der Waals surface area contributed by atoms with Gasteiger partial charge in [-0.15, -0.1) is 0 Å². The monoisotopic (exact) mass is 277 g/mol. The van der Waals surface area contributed by atoms with E-state index in [0.29, 0.717) is 11.8 Å². The van der Waals surface area contributed by atoms with Gasteiger partial charge in [-0.2, -0.15) is 0 Å². The Hall–Kier alpha value is -2.50. The first-order valence-corrected chi connectivity index (χ1v) is 6.00. The molecule has 0 fully saturated rings. The smallest absolute Gasteiger partial charge is 0.319 e. The average Bonchev–Trinajstić information content (AvgIpc) is 2.43. The third-order valence-electron chi connectivity index (χ3n) is 2.66. The number of nitrogens with one attached hydrogen (secondary N) is 2. The van der Waals surface area contributed by atoms with Gasteiger partial charge in [-0.05, 0) is 31.2 Å². The van der Waals surface area contributed by atoms with Gasteiger partial charge in [-0.25, -0.2) is 13.6 Å². The largest absolute Gasteiger partial charge is 0.330 e. The maximum atomic E-state index is 13.4. The zero-order valence-electron chi connectivity index (χ0n) is 10.7. The fourth-order valence-corrected chi connectivity index (χ4v) is 1.65. The van der Waals surface area contributed by atoms with Crippen molar-refractivity contribution >= 4 is 11.7 Å². The average molecular weight is 277 g/mol. The Morgan fingerprint density at radius 2 is 2.05 bits per heavy atom. The molecule has 1 aromatic heterocycles. The van der Waals surface area contributed by atoms with Crippen LogP contribution in [0.15, 0.2) is 42.6 Å². The number of halogens is 2. The predicted octanol–water partition coefficient (Wildman–Crippen LogP) is 3.24. The molecule has 0 radical (unpaired) electrons.